The maximum Gasteiger partial charge on any atom is 0.270 e. The molecule has 6 nitrogen and oxygen atoms in total. The summed E-state index contributed by atoms with van der Waals surface area (Å²) in [6.07, 6.45) is 0.128. The summed E-state index contributed by atoms with van der Waals surface area (Å²) in [4.78, 5) is 26.3. The molecule has 1 heterocycles. The fraction of sp³-hybridized carbons (Fsp3) is 0.143. The molecule has 0 radical (unpaired) electrons. The largest absolute Gasteiger partial charge is 0.507 e. The molecule has 0 spiro atoms. The molecule has 6 heteroatoms. The van der Waals surface area contributed by atoms with Crippen LogP contribution >= 0.6 is 0 Å². The smallest absolute Gasteiger partial charge is 0.270 e. The quantitative estimate of drug-likeness (QED) is 0.711. The Morgan fingerprint density at radius 2 is 1.67 bits per heavy atom. The Kier molecular flexibility index (Phi) is 4.38. The number of hydrogen-bond donors (Lipinski definition) is 1. The number of hydrogen-bond acceptors (Lipinski definition) is 4. The summed E-state index contributed by atoms with van der Waals surface area (Å²) in [5.41, 5.74) is 1.28. The Hall–Kier alpha value is -3.54. The van der Waals surface area contributed by atoms with Gasteiger partial charge in [0.05, 0.1) is 11.6 Å². The van der Waals surface area contributed by atoms with Gasteiger partial charge in [-0.05, 0) is 24.3 Å². The second-order valence-corrected chi connectivity index (χ2v) is 6.43. The van der Waals surface area contributed by atoms with Gasteiger partial charge in [-0.25, -0.2) is 0 Å². The van der Waals surface area contributed by atoms with Crippen molar-refractivity contribution in [2.45, 2.75) is 6.42 Å². The third-order valence-electron chi connectivity index (χ3n) is 4.68. The maximum atomic E-state index is 12.5. The van der Waals surface area contributed by atoms with Crippen LogP contribution in [0.25, 0.3) is 10.8 Å². The molecule has 1 aliphatic heterocycles. The molecular weight excluding hydrogens is 342 g/mol. The standard InChI is InChI=1S/C21H17N3O3/c25-19-11-10-18(16-8-4-5-9-17(16)19)22-23-21(27)14-12-20(26)24(13-14)15-6-2-1-3-7-15/h1-11,14,25H,12-13H2. The van der Waals surface area contributed by atoms with E-state index in [0.717, 1.165) is 5.69 Å². The predicted octanol–water partition coefficient (Wildman–Crippen LogP) is 4.21. The summed E-state index contributed by atoms with van der Waals surface area (Å²) in [5.74, 6) is -0.871. The summed E-state index contributed by atoms with van der Waals surface area (Å²) < 4.78 is 0. The summed E-state index contributed by atoms with van der Waals surface area (Å²) in [6, 6.07) is 19.6. The monoisotopic (exact) mass is 359 g/mol. The first-order chi connectivity index (χ1) is 13.1. The molecule has 1 saturated heterocycles. The van der Waals surface area contributed by atoms with Crippen LogP contribution in [0.15, 0.2) is 77.0 Å². The van der Waals surface area contributed by atoms with Crippen molar-refractivity contribution in [2.24, 2.45) is 16.1 Å². The van der Waals surface area contributed by atoms with Crippen molar-refractivity contribution < 1.29 is 14.7 Å². The zero-order valence-corrected chi connectivity index (χ0v) is 14.4. The van der Waals surface area contributed by atoms with Gasteiger partial charge in [0, 0.05) is 29.4 Å². The van der Waals surface area contributed by atoms with E-state index in [2.05, 4.69) is 10.2 Å². The molecule has 27 heavy (non-hydrogen) atoms. The Labute approximate surface area is 155 Å². The summed E-state index contributed by atoms with van der Waals surface area (Å²) in [7, 11) is 0. The molecule has 1 fully saturated rings. The number of amides is 2. The fourth-order valence-corrected chi connectivity index (χ4v) is 3.27. The Morgan fingerprint density at radius 3 is 2.44 bits per heavy atom. The SMILES string of the molecule is O=C(N=Nc1ccc(O)c2ccccc12)C1CC(=O)N(c2ccccc2)C1. The Morgan fingerprint density at radius 1 is 0.963 bits per heavy atom. The molecule has 0 aliphatic carbocycles. The Balaban J connectivity index is 1.53. The van der Waals surface area contributed by atoms with Crippen LogP contribution in [0.4, 0.5) is 11.4 Å². The van der Waals surface area contributed by atoms with Crippen LogP contribution in [-0.4, -0.2) is 23.5 Å². The number of phenolic OH excluding ortho intramolecular Hbond substituents is 1. The van der Waals surface area contributed by atoms with Crippen LogP contribution in [0.3, 0.4) is 0 Å². The maximum absolute atomic E-state index is 12.5. The molecular formula is C21H17N3O3. The number of rotatable bonds is 3. The number of azo groups is 1. The number of carbonyl (C=O) groups is 2. The van der Waals surface area contributed by atoms with E-state index in [-0.39, 0.29) is 18.1 Å². The van der Waals surface area contributed by atoms with Crippen LogP contribution in [0.5, 0.6) is 5.75 Å². The van der Waals surface area contributed by atoms with Crippen molar-refractivity contribution in [3.8, 4) is 5.75 Å². The van der Waals surface area contributed by atoms with Gasteiger partial charge >= 0.3 is 0 Å². The van der Waals surface area contributed by atoms with E-state index in [1.807, 2.05) is 48.5 Å². The van der Waals surface area contributed by atoms with Crippen molar-refractivity contribution >= 4 is 34.0 Å². The van der Waals surface area contributed by atoms with Crippen molar-refractivity contribution in [1.29, 1.82) is 0 Å². The summed E-state index contributed by atoms with van der Waals surface area (Å²) in [5, 5.41) is 19.2. The normalized spacial score (nSPS) is 17.1. The molecule has 0 aromatic heterocycles. The molecule has 4 rings (SSSR count). The average molecular weight is 359 g/mol. The van der Waals surface area contributed by atoms with Crippen LogP contribution in [0, 0.1) is 5.92 Å². The molecule has 2 amide bonds. The van der Waals surface area contributed by atoms with Gasteiger partial charge in [0.1, 0.15) is 5.75 Å². The van der Waals surface area contributed by atoms with E-state index in [1.165, 1.54) is 6.07 Å². The summed E-state index contributed by atoms with van der Waals surface area (Å²) in [6.45, 7) is 0.303. The second-order valence-electron chi connectivity index (χ2n) is 6.43. The molecule has 3 aromatic carbocycles. The van der Waals surface area contributed by atoms with E-state index in [0.29, 0.717) is 23.0 Å². The number of carbonyl (C=O) groups excluding carboxylic acids is 2. The first kappa shape index (κ1) is 16.9. The van der Waals surface area contributed by atoms with Crippen molar-refractivity contribution in [1.82, 2.24) is 0 Å². The van der Waals surface area contributed by atoms with E-state index in [1.54, 1.807) is 17.0 Å². The number of aromatic hydroxyl groups is 1. The third kappa shape index (κ3) is 3.29. The third-order valence-corrected chi connectivity index (χ3v) is 4.68. The van der Waals surface area contributed by atoms with Gasteiger partial charge < -0.3 is 10.0 Å². The van der Waals surface area contributed by atoms with E-state index >= 15 is 0 Å². The molecule has 0 bridgehead atoms. The number of fused-ring (bicyclic) bond motifs is 1. The molecule has 3 aromatic rings. The average Bonchev–Trinajstić information content (AvgIpc) is 3.10. The highest BCUT2D eigenvalue weighted by molar-refractivity contribution is 6.00. The van der Waals surface area contributed by atoms with Crippen molar-refractivity contribution in [3.05, 3.63) is 66.7 Å². The lowest BCUT2D eigenvalue weighted by Crippen LogP contribution is -2.25. The lowest BCUT2D eigenvalue weighted by molar-refractivity contribution is -0.124. The topological polar surface area (TPSA) is 82.3 Å². The number of nitrogens with zero attached hydrogens (tertiary/aromatic N) is 3. The van der Waals surface area contributed by atoms with Gasteiger partial charge in [-0.2, -0.15) is 0 Å². The van der Waals surface area contributed by atoms with Crippen LogP contribution < -0.4 is 4.90 Å². The number of para-hydroxylation sites is 1. The van der Waals surface area contributed by atoms with Gasteiger partial charge in [0.25, 0.3) is 5.91 Å². The van der Waals surface area contributed by atoms with Crippen molar-refractivity contribution in [2.75, 3.05) is 11.4 Å². The lowest BCUT2D eigenvalue weighted by atomic mass is 10.1. The minimum atomic E-state index is -0.509. The molecule has 134 valence electrons. The highest BCUT2D eigenvalue weighted by Crippen LogP contribution is 2.33. The van der Waals surface area contributed by atoms with Gasteiger partial charge in [-0.3, -0.25) is 9.59 Å². The molecule has 1 aliphatic rings. The Bertz CT molecular complexity index is 1050. The minimum Gasteiger partial charge on any atom is -0.507 e. The number of anilines is 1. The van der Waals surface area contributed by atoms with Gasteiger partial charge in [0.2, 0.25) is 5.91 Å². The number of phenols is 1. The van der Waals surface area contributed by atoms with E-state index in [9.17, 15) is 14.7 Å². The molecule has 1 atom stereocenters. The van der Waals surface area contributed by atoms with Gasteiger partial charge in [-0.1, -0.05) is 42.5 Å². The van der Waals surface area contributed by atoms with Gasteiger partial charge in [-0.15, -0.1) is 10.2 Å². The van der Waals surface area contributed by atoms with Gasteiger partial charge in [0.15, 0.2) is 0 Å². The minimum absolute atomic E-state index is 0.0927. The van der Waals surface area contributed by atoms with Crippen LogP contribution in [-0.2, 0) is 9.59 Å². The second kappa shape index (κ2) is 6.99. The predicted molar refractivity (Wildman–Crippen MR) is 102 cm³/mol. The zero-order valence-electron chi connectivity index (χ0n) is 14.4. The highest BCUT2D eigenvalue weighted by atomic mass is 16.3. The van der Waals surface area contributed by atoms with E-state index < -0.39 is 11.8 Å². The first-order valence-corrected chi connectivity index (χ1v) is 8.65. The molecule has 0 saturated carbocycles. The fourth-order valence-electron chi connectivity index (χ4n) is 3.27. The number of benzene rings is 3. The first-order valence-electron chi connectivity index (χ1n) is 8.65. The zero-order chi connectivity index (χ0) is 18.8. The molecule has 1 N–H and O–H groups in total. The molecule has 1 unspecified atom stereocenters. The van der Waals surface area contributed by atoms with Crippen LogP contribution in [0.2, 0.25) is 0 Å². The summed E-state index contributed by atoms with van der Waals surface area (Å²) >= 11 is 0. The lowest BCUT2D eigenvalue weighted by Gasteiger charge is -2.15. The highest BCUT2D eigenvalue weighted by Gasteiger charge is 2.35. The van der Waals surface area contributed by atoms with E-state index in [4.69, 9.17) is 0 Å². The van der Waals surface area contributed by atoms with Crippen molar-refractivity contribution in [3.63, 3.8) is 0 Å². The van der Waals surface area contributed by atoms with Crippen LogP contribution in [0.1, 0.15) is 6.42 Å².